The minimum absolute atomic E-state index is 0.0488. The normalized spacial score (nSPS) is 25.6. The number of carbonyl (C=O) groups is 2. The molecule has 2 aliphatic carbocycles. The van der Waals surface area contributed by atoms with Crippen LogP contribution in [0.3, 0.4) is 0 Å². The molecule has 3 unspecified atom stereocenters. The number of anilines is 2. The SMILES string of the molecule is CC(=O)Nc1ccc(NC(=O)C2CC3CCC2C3)c(C(F)(F)F)c1. The Kier molecular flexibility index (Phi) is 4.27. The van der Waals surface area contributed by atoms with Crippen molar-refractivity contribution in [1.82, 2.24) is 0 Å². The summed E-state index contributed by atoms with van der Waals surface area (Å²) in [4.78, 5) is 23.4. The second-order valence-corrected chi connectivity index (χ2v) is 6.71. The lowest BCUT2D eigenvalue weighted by atomic mass is 9.88. The first-order chi connectivity index (χ1) is 11.2. The van der Waals surface area contributed by atoms with Crippen LogP contribution < -0.4 is 10.6 Å². The molecular weight excluding hydrogens is 321 g/mol. The summed E-state index contributed by atoms with van der Waals surface area (Å²) in [5, 5.41) is 4.78. The summed E-state index contributed by atoms with van der Waals surface area (Å²) in [5.74, 6) is -0.153. The van der Waals surface area contributed by atoms with E-state index in [1.54, 1.807) is 0 Å². The van der Waals surface area contributed by atoms with E-state index in [-0.39, 0.29) is 23.2 Å². The molecule has 0 spiro atoms. The number of alkyl halides is 3. The summed E-state index contributed by atoms with van der Waals surface area (Å²) in [5.41, 5.74) is -1.16. The Morgan fingerprint density at radius 2 is 1.88 bits per heavy atom. The van der Waals surface area contributed by atoms with Crippen LogP contribution in [0.2, 0.25) is 0 Å². The van der Waals surface area contributed by atoms with Crippen LogP contribution in [0.1, 0.15) is 38.2 Å². The van der Waals surface area contributed by atoms with Gasteiger partial charge in [-0.15, -0.1) is 0 Å². The molecule has 0 aliphatic heterocycles. The van der Waals surface area contributed by atoms with Gasteiger partial charge in [-0.3, -0.25) is 9.59 Å². The standard InChI is InChI=1S/C17H19F3N2O2/c1-9(23)21-12-4-5-15(14(8-12)17(18,19)20)22-16(24)13-7-10-2-3-11(13)6-10/h4-5,8,10-11,13H,2-3,6-7H2,1H3,(H,21,23)(H,22,24). The molecule has 3 rings (SSSR count). The Balaban J connectivity index is 1.81. The minimum Gasteiger partial charge on any atom is -0.326 e. The Bertz CT molecular complexity index is 672. The monoisotopic (exact) mass is 340 g/mol. The zero-order chi connectivity index (χ0) is 17.5. The topological polar surface area (TPSA) is 58.2 Å². The van der Waals surface area contributed by atoms with Gasteiger partial charge in [0.1, 0.15) is 0 Å². The van der Waals surface area contributed by atoms with Crippen LogP contribution in [0.15, 0.2) is 18.2 Å². The number of hydrogen-bond donors (Lipinski definition) is 2. The number of hydrogen-bond acceptors (Lipinski definition) is 2. The van der Waals surface area contributed by atoms with Crippen LogP contribution in [0.25, 0.3) is 0 Å². The maximum atomic E-state index is 13.3. The maximum absolute atomic E-state index is 13.3. The van der Waals surface area contributed by atoms with E-state index in [1.165, 1.54) is 19.1 Å². The summed E-state index contributed by atoms with van der Waals surface area (Å²) < 4.78 is 39.8. The van der Waals surface area contributed by atoms with Crippen LogP contribution in [0, 0.1) is 17.8 Å². The van der Waals surface area contributed by atoms with E-state index in [2.05, 4.69) is 10.6 Å². The van der Waals surface area contributed by atoms with Crippen molar-refractivity contribution in [3.63, 3.8) is 0 Å². The van der Waals surface area contributed by atoms with Gasteiger partial charge in [0, 0.05) is 18.5 Å². The fraction of sp³-hybridized carbons (Fsp3) is 0.529. The largest absolute Gasteiger partial charge is 0.418 e. The molecular formula is C17H19F3N2O2. The molecule has 7 heteroatoms. The molecule has 1 aromatic rings. The van der Waals surface area contributed by atoms with Crippen molar-refractivity contribution in [3.8, 4) is 0 Å². The number of carbonyl (C=O) groups excluding carboxylic acids is 2. The van der Waals surface area contributed by atoms with E-state index in [1.807, 2.05) is 0 Å². The molecule has 130 valence electrons. The van der Waals surface area contributed by atoms with Crippen molar-refractivity contribution >= 4 is 23.2 Å². The molecule has 0 radical (unpaired) electrons. The predicted octanol–water partition coefficient (Wildman–Crippen LogP) is 4.04. The zero-order valence-corrected chi connectivity index (χ0v) is 13.2. The van der Waals surface area contributed by atoms with Crippen molar-refractivity contribution in [1.29, 1.82) is 0 Å². The van der Waals surface area contributed by atoms with Gasteiger partial charge in [-0.05, 0) is 49.3 Å². The Labute approximate surface area is 137 Å². The average Bonchev–Trinajstić information content (AvgIpc) is 3.10. The first-order valence-corrected chi connectivity index (χ1v) is 8.03. The third kappa shape index (κ3) is 3.39. The minimum atomic E-state index is -4.62. The van der Waals surface area contributed by atoms with Crippen LogP contribution in [-0.4, -0.2) is 11.8 Å². The molecule has 2 saturated carbocycles. The van der Waals surface area contributed by atoms with Crippen molar-refractivity contribution < 1.29 is 22.8 Å². The number of rotatable bonds is 3. The average molecular weight is 340 g/mol. The van der Waals surface area contributed by atoms with Gasteiger partial charge in [0.2, 0.25) is 11.8 Å². The highest BCUT2D eigenvalue weighted by Crippen LogP contribution is 2.48. The van der Waals surface area contributed by atoms with Crippen molar-refractivity contribution in [3.05, 3.63) is 23.8 Å². The second-order valence-electron chi connectivity index (χ2n) is 6.71. The fourth-order valence-electron chi connectivity index (χ4n) is 3.96. The zero-order valence-electron chi connectivity index (χ0n) is 13.2. The smallest absolute Gasteiger partial charge is 0.326 e. The first-order valence-electron chi connectivity index (χ1n) is 8.03. The van der Waals surface area contributed by atoms with Crippen molar-refractivity contribution in [2.75, 3.05) is 10.6 Å². The molecule has 24 heavy (non-hydrogen) atoms. The van der Waals surface area contributed by atoms with E-state index in [9.17, 15) is 22.8 Å². The lowest BCUT2D eigenvalue weighted by Crippen LogP contribution is -2.28. The van der Waals surface area contributed by atoms with Crippen LogP contribution in [-0.2, 0) is 15.8 Å². The summed E-state index contributed by atoms with van der Waals surface area (Å²) in [6.45, 7) is 1.22. The van der Waals surface area contributed by atoms with Gasteiger partial charge < -0.3 is 10.6 Å². The molecule has 0 saturated heterocycles. The van der Waals surface area contributed by atoms with E-state index in [4.69, 9.17) is 0 Å². The van der Waals surface area contributed by atoms with Gasteiger partial charge >= 0.3 is 6.18 Å². The fourth-order valence-corrected chi connectivity index (χ4v) is 3.96. The van der Waals surface area contributed by atoms with E-state index < -0.39 is 17.6 Å². The molecule has 0 aromatic heterocycles. The summed E-state index contributed by atoms with van der Waals surface area (Å²) in [6, 6.07) is 3.39. The van der Waals surface area contributed by atoms with E-state index >= 15 is 0 Å². The van der Waals surface area contributed by atoms with Crippen molar-refractivity contribution in [2.45, 2.75) is 38.8 Å². The highest BCUT2D eigenvalue weighted by Gasteiger charge is 2.43. The molecule has 2 N–H and O–H groups in total. The second kappa shape index (κ2) is 6.11. The summed E-state index contributed by atoms with van der Waals surface area (Å²) in [7, 11) is 0. The van der Waals surface area contributed by atoms with Gasteiger partial charge in [0.25, 0.3) is 0 Å². The lowest BCUT2D eigenvalue weighted by Gasteiger charge is -2.22. The number of nitrogens with one attached hydrogen (secondary N) is 2. The first kappa shape index (κ1) is 16.8. The van der Waals surface area contributed by atoms with Gasteiger partial charge in [0.05, 0.1) is 11.3 Å². The molecule has 4 nitrogen and oxygen atoms in total. The molecule has 0 heterocycles. The third-order valence-electron chi connectivity index (χ3n) is 4.98. The number of benzene rings is 1. The van der Waals surface area contributed by atoms with Crippen LogP contribution >= 0.6 is 0 Å². The Morgan fingerprint density at radius 1 is 1.12 bits per heavy atom. The highest BCUT2D eigenvalue weighted by atomic mass is 19.4. The van der Waals surface area contributed by atoms with Gasteiger partial charge in [-0.2, -0.15) is 13.2 Å². The van der Waals surface area contributed by atoms with Crippen molar-refractivity contribution in [2.24, 2.45) is 17.8 Å². The summed E-state index contributed by atoms with van der Waals surface area (Å²) in [6.07, 6.45) is -0.747. The molecule has 1 aromatic carbocycles. The quantitative estimate of drug-likeness (QED) is 0.872. The number of amides is 2. The van der Waals surface area contributed by atoms with Crippen LogP contribution in [0.4, 0.5) is 24.5 Å². The number of fused-ring (bicyclic) bond motifs is 2. The van der Waals surface area contributed by atoms with E-state index in [0.29, 0.717) is 11.8 Å². The van der Waals surface area contributed by atoms with Crippen LogP contribution in [0.5, 0.6) is 0 Å². The highest BCUT2D eigenvalue weighted by molar-refractivity contribution is 5.95. The molecule has 3 atom stereocenters. The number of halogens is 3. The summed E-state index contributed by atoms with van der Waals surface area (Å²) >= 11 is 0. The molecule has 2 amide bonds. The third-order valence-corrected chi connectivity index (χ3v) is 4.98. The van der Waals surface area contributed by atoms with Gasteiger partial charge in [-0.25, -0.2) is 0 Å². The predicted molar refractivity (Wildman–Crippen MR) is 83.3 cm³/mol. The lowest BCUT2D eigenvalue weighted by molar-refractivity contribution is -0.137. The Morgan fingerprint density at radius 3 is 2.42 bits per heavy atom. The van der Waals surface area contributed by atoms with Gasteiger partial charge in [-0.1, -0.05) is 6.42 Å². The molecule has 2 aliphatic rings. The van der Waals surface area contributed by atoms with E-state index in [0.717, 1.165) is 31.7 Å². The van der Waals surface area contributed by atoms with Gasteiger partial charge in [0.15, 0.2) is 0 Å². The Hall–Kier alpha value is -2.05. The maximum Gasteiger partial charge on any atom is 0.418 e. The molecule has 2 fully saturated rings. The molecule has 2 bridgehead atoms.